The van der Waals surface area contributed by atoms with Crippen LogP contribution in [0.3, 0.4) is 0 Å². The number of imidazole rings is 1. The van der Waals surface area contributed by atoms with E-state index in [4.69, 9.17) is 0 Å². The molecule has 0 bridgehead atoms. The predicted octanol–water partition coefficient (Wildman–Crippen LogP) is 2.72. The summed E-state index contributed by atoms with van der Waals surface area (Å²) in [7, 11) is 1.80. The highest BCUT2D eigenvalue weighted by Gasteiger charge is 2.10. The molecule has 2 aromatic heterocycles. The third kappa shape index (κ3) is 3.88. The van der Waals surface area contributed by atoms with E-state index < -0.39 is 0 Å². The number of hydrogen-bond donors (Lipinski definition) is 2. The zero-order valence-electron chi connectivity index (χ0n) is 14.9. The molecule has 3 aromatic rings. The zero-order chi connectivity index (χ0) is 18.4. The van der Waals surface area contributed by atoms with Gasteiger partial charge in [-0.05, 0) is 18.6 Å². The Hall–Kier alpha value is -3.22. The molecule has 0 saturated heterocycles. The van der Waals surface area contributed by atoms with E-state index in [2.05, 4.69) is 37.1 Å². The van der Waals surface area contributed by atoms with Crippen LogP contribution in [0.5, 0.6) is 0 Å². The van der Waals surface area contributed by atoms with Crippen molar-refractivity contribution >= 4 is 11.7 Å². The summed E-state index contributed by atoms with van der Waals surface area (Å²) >= 11 is 0. The highest BCUT2D eigenvalue weighted by molar-refractivity contribution is 5.94. The molecule has 0 aliphatic carbocycles. The lowest BCUT2D eigenvalue weighted by Crippen LogP contribution is -2.24. The Morgan fingerprint density at radius 3 is 2.58 bits per heavy atom. The molecule has 1 amide bonds. The van der Waals surface area contributed by atoms with E-state index in [0.29, 0.717) is 17.9 Å². The SMILES string of the molecule is CCCn1ccnc1CNC(=O)c1ccc(-c2nccnc2NC)cc1. The summed E-state index contributed by atoms with van der Waals surface area (Å²) in [6, 6.07) is 7.32. The Morgan fingerprint density at radius 1 is 1.08 bits per heavy atom. The molecule has 2 N–H and O–H groups in total. The molecule has 2 heterocycles. The van der Waals surface area contributed by atoms with Gasteiger partial charge in [0.05, 0.1) is 6.54 Å². The van der Waals surface area contributed by atoms with Gasteiger partial charge in [-0.15, -0.1) is 0 Å². The first-order chi connectivity index (χ1) is 12.7. The monoisotopic (exact) mass is 350 g/mol. The molecule has 7 nitrogen and oxygen atoms in total. The third-order valence-electron chi connectivity index (χ3n) is 4.03. The lowest BCUT2D eigenvalue weighted by atomic mass is 10.1. The Labute approximate surface area is 152 Å². The van der Waals surface area contributed by atoms with Crippen molar-refractivity contribution in [2.24, 2.45) is 0 Å². The summed E-state index contributed by atoms with van der Waals surface area (Å²) in [5.41, 5.74) is 2.25. The largest absolute Gasteiger partial charge is 0.371 e. The van der Waals surface area contributed by atoms with Crippen LogP contribution in [-0.4, -0.2) is 32.5 Å². The first-order valence-electron chi connectivity index (χ1n) is 8.60. The van der Waals surface area contributed by atoms with Crippen molar-refractivity contribution in [3.05, 3.63) is 60.4 Å². The molecule has 0 unspecified atom stereocenters. The van der Waals surface area contributed by atoms with Gasteiger partial charge in [-0.2, -0.15) is 0 Å². The van der Waals surface area contributed by atoms with Gasteiger partial charge in [-0.25, -0.2) is 9.97 Å². The van der Waals surface area contributed by atoms with Gasteiger partial charge in [0.1, 0.15) is 11.5 Å². The van der Waals surface area contributed by atoms with Crippen molar-refractivity contribution in [2.45, 2.75) is 26.4 Å². The number of carbonyl (C=O) groups is 1. The third-order valence-corrected chi connectivity index (χ3v) is 4.03. The molecule has 7 heteroatoms. The number of carbonyl (C=O) groups excluding carboxylic acids is 1. The molecule has 0 atom stereocenters. The number of aromatic nitrogens is 4. The van der Waals surface area contributed by atoms with Crippen LogP contribution in [0.4, 0.5) is 5.82 Å². The number of nitrogens with zero attached hydrogens (tertiary/aromatic N) is 4. The van der Waals surface area contributed by atoms with E-state index in [1.54, 1.807) is 37.8 Å². The second-order valence-electron chi connectivity index (χ2n) is 5.80. The van der Waals surface area contributed by atoms with Crippen LogP contribution in [0.15, 0.2) is 49.1 Å². The van der Waals surface area contributed by atoms with E-state index in [1.165, 1.54) is 0 Å². The summed E-state index contributed by atoms with van der Waals surface area (Å²) in [4.78, 5) is 25.3. The van der Waals surface area contributed by atoms with Gasteiger partial charge in [-0.3, -0.25) is 9.78 Å². The summed E-state index contributed by atoms with van der Waals surface area (Å²) in [6.45, 7) is 3.41. The van der Waals surface area contributed by atoms with E-state index in [1.807, 2.05) is 18.3 Å². The average Bonchev–Trinajstić information content (AvgIpc) is 3.13. The maximum atomic E-state index is 12.4. The fraction of sp³-hybridized carbons (Fsp3) is 0.263. The normalized spacial score (nSPS) is 10.5. The van der Waals surface area contributed by atoms with Gasteiger partial charge < -0.3 is 15.2 Å². The summed E-state index contributed by atoms with van der Waals surface area (Å²) in [5, 5.41) is 5.94. The average molecular weight is 350 g/mol. The minimum Gasteiger partial charge on any atom is -0.371 e. The highest BCUT2D eigenvalue weighted by atomic mass is 16.1. The van der Waals surface area contributed by atoms with Crippen molar-refractivity contribution in [3.63, 3.8) is 0 Å². The Morgan fingerprint density at radius 2 is 1.85 bits per heavy atom. The lowest BCUT2D eigenvalue weighted by molar-refractivity contribution is 0.0949. The van der Waals surface area contributed by atoms with Crippen LogP contribution >= 0.6 is 0 Å². The fourth-order valence-electron chi connectivity index (χ4n) is 2.72. The molecule has 0 aliphatic heterocycles. The molecule has 0 fully saturated rings. The molecule has 134 valence electrons. The summed E-state index contributed by atoms with van der Waals surface area (Å²) < 4.78 is 2.05. The molecule has 0 saturated carbocycles. The van der Waals surface area contributed by atoms with E-state index in [0.717, 1.165) is 30.0 Å². The first-order valence-corrected chi connectivity index (χ1v) is 8.60. The number of benzene rings is 1. The fourth-order valence-corrected chi connectivity index (χ4v) is 2.72. The molecule has 0 aliphatic rings. The summed E-state index contributed by atoms with van der Waals surface area (Å²) in [5.74, 6) is 1.43. The van der Waals surface area contributed by atoms with E-state index in [9.17, 15) is 4.79 Å². The minimum absolute atomic E-state index is 0.129. The molecule has 26 heavy (non-hydrogen) atoms. The van der Waals surface area contributed by atoms with Crippen LogP contribution in [-0.2, 0) is 13.1 Å². The van der Waals surface area contributed by atoms with Crippen LogP contribution in [0.1, 0.15) is 29.5 Å². The van der Waals surface area contributed by atoms with Crippen molar-refractivity contribution < 1.29 is 4.79 Å². The van der Waals surface area contributed by atoms with Gasteiger partial charge >= 0.3 is 0 Å². The number of hydrogen-bond acceptors (Lipinski definition) is 5. The molecular formula is C19H22N6O. The molecule has 0 spiro atoms. The highest BCUT2D eigenvalue weighted by Crippen LogP contribution is 2.23. The Bertz CT molecular complexity index is 872. The number of rotatable bonds is 7. The standard InChI is InChI=1S/C19H22N6O/c1-3-11-25-12-10-21-16(25)13-24-19(26)15-6-4-14(5-7-15)17-18(20-2)23-9-8-22-17/h4-10,12H,3,11,13H2,1-2H3,(H,20,23)(H,24,26). The predicted molar refractivity (Wildman–Crippen MR) is 101 cm³/mol. The van der Waals surface area contributed by atoms with Gasteiger partial charge in [0.15, 0.2) is 5.82 Å². The van der Waals surface area contributed by atoms with Crippen molar-refractivity contribution in [3.8, 4) is 11.3 Å². The second-order valence-corrected chi connectivity index (χ2v) is 5.80. The smallest absolute Gasteiger partial charge is 0.251 e. The van der Waals surface area contributed by atoms with Gasteiger partial charge in [0, 0.05) is 49.5 Å². The first kappa shape index (κ1) is 17.6. The van der Waals surface area contributed by atoms with Crippen LogP contribution in [0.2, 0.25) is 0 Å². The van der Waals surface area contributed by atoms with Gasteiger partial charge in [0.2, 0.25) is 0 Å². The lowest BCUT2D eigenvalue weighted by Gasteiger charge is -2.09. The second kappa shape index (κ2) is 8.24. The van der Waals surface area contributed by atoms with Gasteiger partial charge in [0.25, 0.3) is 5.91 Å². The van der Waals surface area contributed by atoms with E-state index >= 15 is 0 Å². The molecular weight excluding hydrogens is 328 g/mol. The molecule has 0 radical (unpaired) electrons. The van der Waals surface area contributed by atoms with Crippen LogP contribution in [0.25, 0.3) is 11.3 Å². The maximum Gasteiger partial charge on any atom is 0.251 e. The van der Waals surface area contributed by atoms with Crippen LogP contribution in [0, 0.1) is 0 Å². The van der Waals surface area contributed by atoms with Crippen molar-refractivity contribution in [1.82, 2.24) is 24.8 Å². The number of nitrogens with one attached hydrogen (secondary N) is 2. The minimum atomic E-state index is -0.129. The molecule has 1 aromatic carbocycles. The quantitative estimate of drug-likeness (QED) is 0.684. The topological polar surface area (TPSA) is 84.7 Å². The van der Waals surface area contributed by atoms with E-state index in [-0.39, 0.29) is 5.91 Å². The number of amides is 1. The maximum absolute atomic E-state index is 12.4. The van der Waals surface area contributed by atoms with Gasteiger partial charge in [-0.1, -0.05) is 19.1 Å². The number of aryl methyl sites for hydroxylation is 1. The summed E-state index contributed by atoms with van der Waals surface area (Å²) in [6.07, 6.45) is 8.00. The Kier molecular flexibility index (Phi) is 5.58. The molecule has 3 rings (SSSR count). The van der Waals surface area contributed by atoms with Crippen molar-refractivity contribution in [2.75, 3.05) is 12.4 Å². The van der Waals surface area contributed by atoms with Crippen LogP contribution < -0.4 is 10.6 Å². The zero-order valence-corrected chi connectivity index (χ0v) is 14.9. The van der Waals surface area contributed by atoms with Crippen molar-refractivity contribution in [1.29, 1.82) is 0 Å². The number of anilines is 1. The Balaban J connectivity index is 1.68.